The van der Waals surface area contributed by atoms with Crippen LogP contribution in [-0.2, 0) is 0 Å². The zero-order valence-corrected chi connectivity index (χ0v) is 6.88. The van der Waals surface area contributed by atoms with E-state index < -0.39 is 0 Å². The molecule has 0 aromatic carbocycles. The van der Waals surface area contributed by atoms with Gasteiger partial charge in [-0.3, -0.25) is 0 Å². The van der Waals surface area contributed by atoms with Gasteiger partial charge in [0.1, 0.15) is 0 Å². The van der Waals surface area contributed by atoms with E-state index in [9.17, 15) is 0 Å². The lowest BCUT2D eigenvalue weighted by Gasteiger charge is -2.18. The second kappa shape index (κ2) is 3.30. The summed E-state index contributed by atoms with van der Waals surface area (Å²) in [5, 5.41) is 6.60. The summed E-state index contributed by atoms with van der Waals surface area (Å²) >= 11 is 0. The minimum Gasteiger partial charge on any atom is -0.380 e. The topological polar surface area (TPSA) is 24.1 Å². The van der Waals surface area contributed by atoms with Crippen molar-refractivity contribution in [2.24, 2.45) is 0 Å². The monoisotopic (exact) mass is 160 g/mol. The van der Waals surface area contributed by atoms with E-state index in [2.05, 4.69) is 47.1 Å². The number of hydrogen-bond donors (Lipinski definition) is 2. The highest BCUT2D eigenvalue weighted by molar-refractivity contribution is 5.37. The molecule has 2 heterocycles. The molecule has 62 valence electrons. The summed E-state index contributed by atoms with van der Waals surface area (Å²) in [7, 11) is 0. The fourth-order valence-electron chi connectivity index (χ4n) is 1.29. The molecule has 2 rings (SSSR count). The molecular formula is C10H12N2. The summed E-state index contributed by atoms with van der Waals surface area (Å²) in [6.07, 6.45) is 12.5. The van der Waals surface area contributed by atoms with Crippen molar-refractivity contribution in [1.82, 2.24) is 10.6 Å². The average molecular weight is 160 g/mol. The van der Waals surface area contributed by atoms with Crippen LogP contribution in [0.2, 0.25) is 0 Å². The smallest absolute Gasteiger partial charge is 0.0578 e. The zero-order valence-electron chi connectivity index (χ0n) is 6.88. The fourth-order valence-corrected chi connectivity index (χ4v) is 1.29. The Kier molecular flexibility index (Phi) is 1.99. The van der Waals surface area contributed by atoms with E-state index in [1.807, 2.05) is 0 Å². The Morgan fingerprint density at radius 1 is 0.833 bits per heavy atom. The molecule has 2 aliphatic heterocycles. The Morgan fingerprint density at radius 3 is 1.67 bits per heavy atom. The van der Waals surface area contributed by atoms with Crippen molar-refractivity contribution in [3.05, 3.63) is 47.9 Å². The van der Waals surface area contributed by atoms with Crippen molar-refractivity contribution in [3.8, 4) is 0 Å². The number of rotatable bonds is 1. The molecule has 0 saturated heterocycles. The lowest BCUT2D eigenvalue weighted by molar-refractivity contribution is 0.817. The third-order valence-corrected chi connectivity index (χ3v) is 1.91. The molecule has 0 unspecified atom stereocenters. The first-order valence-electron chi connectivity index (χ1n) is 4.18. The predicted octanol–water partition coefficient (Wildman–Crippen LogP) is 1.07. The molecule has 2 N–H and O–H groups in total. The molecule has 0 atom stereocenters. The zero-order chi connectivity index (χ0) is 8.23. The summed E-state index contributed by atoms with van der Waals surface area (Å²) in [6.45, 7) is 1.85. The third kappa shape index (κ3) is 1.42. The van der Waals surface area contributed by atoms with Crippen LogP contribution in [0.5, 0.6) is 0 Å². The van der Waals surface area contributed by atoms with E-state index >= 15 is 0 Å². The highest BCUT2D eigenvalue weighted by Crippen LogP contribution is 2.08. The van der Waals surface area contributed by atoms with Gasteiger partial charge in [-0.2, -0.15) is 0 Å². The van der Waals surface area contributed by atoms with Gasteiger partial charge in [-0.25, -0.2) is 0 Å². The van der Waals surface area contributed by atoms with E-state index in [1.54, 1.807) is 0 Å². The second-order valence-corrected chi connectivity index (χ2v) is 2.78. The van der Waals surface area contributed by atoms with Gasteiger partial charge < -0.3 is 10.6 Å². The molecule has 2 aliphatic rings. The molecule has 0 saturated carbocycles. The van der Waals surface area contributed by atoms with Crippen LogP contribution >= 0.6 is 0 Å². The Balaban J connectivity index is 2.17. The number of dihydropyridines is 2. The summed E-state index contributed by atoms with van der Waals surface area (Å²) in [6, 6.07) is 0. The van der Waals surface area contributed by atoms with Crippen molar-refractivity contribution in [2.45, 2.75) is 0 Å². The quantitative estimate of drug-likeness (QED) is 0.599. The highest BCUT2D eigenvalue weighted by Gasteiger charge is 2.04. The molecule has 0 aliphatic carbocycles. The Bertz CT molecular complexity index is 252. The number of allylic oxidation sites excluding steroid dienone is 4. The first-order chi connectivity index (χ1) is 5.97. The molecule has 0 bridgehead atoms. The lowest BCUT2D eigenvalue weighted by atomic mass is 10.2. The van der Waals surface area contributed by atoms with Gasteiger partial charge >= 0.3 is 0 Å². The lowest BCUT2D eigenvalue weighted by Crippen LogP contribution is -2.26. The van der Waals surface area contributed by atoms with Gasteiger partial charge in [0, 0.05) is 13.1 Å². The minimum absolute atomic E-state index is 0.925. The van der Waals surface area contributed by atoms with E-state index in [4.69, 9.17) is 0 Å². The van der Waals surface area contributed by atoms with Crippen molar-refractivity contribution in [3.63, 3.8) is 0 Å². The second-order valence-electron chi connectivity index (χ2n) is 2.78. The largest absolute Gasteiger partial charge is 0.380 e. The maximum Gasteiger partial charge on any atom is 0.0578 e. The van der Waals surface area contributed by atoms with Gasteiger partial charge in [0.2, 0.25) is 0 Å². The summed E-state index contributed by atoms with van der Waals surface area (Å²) < 4.78 is 0. The summed E-state index contributed by atoms with van der Waals surface area (Å²) in [5.41, 5.74) is 2.36. The van der Waals surface area contributed by atoms with Crippen LogP contribution in [0.25, 0.3) is 0 Å². The summed E-state index contributed by atoms with van der Waals surface area (Å²) in [5.74, 6) is 0. The first kappa shape index (κ1) is 7.22. The fraction of sp³-hybridized carbons (Fsp3) is 0.200. The van der Waals surface area contributed by atoms with E-state index in [1.165, 1.54) is 11.4 Å². The van der Waals surface area contributed by atoms with Crippen LogP contribution in [0.1, 0.15) is 0 Å². The maximum absolute atomic E-state index is 3.30. The van der Waals surface area contributed by atoms with E-state index in [-0.39, 0.29) is 0 Å². The maximum atomic E-state index is 3.30. The normalized spacial score (nSPS) is 20.7. The van der Waals surface area contributed by atoms with E-state index in [0.717, 1.165) is 13.1 Å². The van der Waals surface area contributed by atoms with Gasteiger partial charge in [0.15, 0.2) is 0 Å². The Morgan fingerprint density at radius 2 is 1.33 bits per heavy atom. The van der Waals surface area contributed by atoms with Gasteiger partial charge in [-0.15, -0.1) is 0 Å². The highest BCUT2D eigenvalue weighted by atomic mass is 15.0. The predicted molar refractivity (Wildman–Crippen MR) is 50.5 cm³/mol. The van der Waals surface area contributed by atoms with Crippen molar-refractivity contribution < 1.29 is 0 Å². The van der Waals surface area contributed by atoms with Crippen LogP contribution in [0, 0.1) is 0 Å². The van der Waals surface area contributed by atoms with Crippen molar-refractivity contribution in [1.29, 1.82) is 0 Å². The minimum atomic E-state index is 0.925. The molecule has 0 amide bonds. The van der Waals surface area contributed by atoms with Crippen LogP contribution in [0.3, 0.4) is 0 Å². The summed E-state index contributed by atoms with van der Waals surface area (Å²) in [4.78, 5) is 0. The van der Waals surface area contributed by atoms with Gasteiger partial charge in [-0.1, -0.05) is 24.3 Å². The van der Waals surface area contributed by atoms with Gasteiger partial charge in [0.25, 0.3) is 0 Å². The average Bonchev–Trinajstić information content (AvgIpc) is 2.21. The van der Waals surface area contributed by atoms with Crippen LogP contribution in [-0.4, -0.2) is 13.1 Å². The van der Waals surface area contributed by atoms with Crippen LogP contribution in [0.15, 0.2) is 47.9 Å². The number of hydrogen-bond acceptors (Lipinski definition) is 2. The third-order valence-electron chi connectivity index (χ3n) is 1.91. The molecule has 0 aromatic rings. The number of nitrogens with one attached hydrogen (secondary N) is 2. The molecular weight excluding hydrogens is 148 g/mol. The molecule has 0 radical (unpaired) electrons. The van der Waals surface area contributed by atoms with Crippen molar-refractivity contribution >= 4 is 0 Å². The standard InChI is InChI=1S/C10H12N2/c1-3-7-11-9(5-1)10-6-2-4-8-12-10/h1-6,11-12H,7-8H2. The first-order valence-corrected chi connectivity index (χ1v) is 4.18. The molecule has 2 heteroatoms. The van der Waals surface area contributed by atoms with Gasteiger partial charge in [0.05, 0.1) is 11.4 Å². The Hall–Kier alpha value is -1.44. The molecule has 0 spiro atoms. The molecule has 12 heavy (non-hydrogen) atoms. The molecule has 0 fully saturated rings. The Labute approximate surface area is 72.4 Å². The molecule has 2 nitrogen and oxygen atoms in total. The SMILES string of the molecule is C1=CCNC(C2=CC=CCN2)=C1. The molecule has 0 aromatic heterocycles. The van der Waals surface area contributed by atoms with Crippen LogP contribution in [0.4, 0.5) is 0 Å². The van der Waals surface area contributed by atoms with Crippen molar-refractivity contribution in [2.75, 3.05) is 13.1 Å². The van der Waals surface area contributed by atoms with Gasteiger partial charge in [-0.05, 0) is 12.2 Å². The van der Waals surface area contributed by atoms with Crippen LogP contribution < -0.4 is 10.6 Å². The van der Waals surface area contributed by atoms with E-state index in [0.29, 0.717) is 0 Å².